The van der Waals surface area contributed by atoms with Crippen LogP contribution in [-0.4, -0.2) is 18.5 Å². The molecule has 1 unspecified atom stereocenters. The SMILES string of the molecule is O=C1NCCC=C2C=CNC12. The summed E-state index contributed by atoms with van der Waals surface area (Å²) in [5.41, 5.74) is 1.10. The molecule has 2 aliphatic rings. The molecule has 0 saturated carbocycles. The standard InChI is InChI=1S/C8H10N2O/c11-8-7-6(3-5-9-7)2-1-4-10-8/h2-3,5,7,9H,1,4H2,(H,10,11). The highest BCUT2D eigenvalue weighted by atomic mass is 16.2. The van der Waals surface area contributed by atoms with Crippen molar-refractivity contribution in [3.05, 3.63) is 23.9 Å². The van der Waals surface area contributed by atoms with E-state index < -0.39 is 0 Å². The van der Waals surface area contributed by atoms with Gasteiger partial charge in [0.2, 0.25) is 5.91 Å². The lowest BCUT2D eigenvalue weighted by Gasteiger charge is -2.09. The molecule has 1 amide bonds. The van der Waals surface area contributed by atoms with Crippen LogP contribution in [0.4, 0.5) is 0 Å². The van der Waals surface area contributed by atoms with E-state index in [4.69, 9.17) is 0 Å². The van der Waals surface area contributed by atoms with Crippen LogP contribution < -0.4 is 10.6 Å². The van der Waals surface area contributed by atoms with Gasteiger partial charge in [-0.1, -0.05) is 6.08 Å². The number of nitrogens with one attached hydrogen (secondary N) is 2. The van der Waals surface area contributed by atoms with Gasteiger partial charge in [-0.3, -0.25) is 4.79 Å². The minimum Gasteiger partial charge on any atom is -0.376 e. The van der Waals surface area contributed by atoms with Crippen LogP contribution in [0.5, 0.6) is 0 Å². The summed E-state index contributed by atoms with van der Waals surface area (Å²) in [5, 5.41) is 5.81. The highest BCUT2D eigenvalue weighted by Crippen LogP contribution is 2.13. The summed E-state index contributed by atoms with van der Waals surface area (Å²) in [5.74, 6) is 0.0822. The van der Waals surface area contributed by atoms with Crippen LogP contribution in [0.15, 0.2) is 23.9 Å². The first-order chi connectivity index (χ1) is 5.38. The highest BCUT2D eigenvalue weighted by molar-refractivity contribution is 5.87. The van der Waals surface area contributed by atoms with Crippen molar-refractivity contribution in [2.24, 2.45) is 0 Å². The predicted molar refractivity (Wildman–Crippen MR) is 41.8 cm³/mol. The van der Waals surface area contributed by atoms with Crippen molar-refractivity contribution in [2.45, 2.75) is 12.5 Å². The van der Waals surface area contributed by atoms with Crippen molar-refractivity contribution in [2.75, 3.05) is 6.54 Å². The fraction of sp³-hybridized carbons (Fsp3) is 0.375. The Hall–Kier alpha value is -1.25. The zero-order valence-electron chi connectivity index (χ0n) is 6.13. The Labute approximate surface area is 65.2 Å². The van der Waals surface area contributed by atoms with E-state index in [-0.39, 0.29) is 11.9 Å². The molecule has 0 spiro atoms. The van der Waals surface area contributed by atoms with Gasteiger partial charge >= 0.3 is 0 Å². The molecular formula is C8H10N2O. The summed E-state index contributed by atoms with van der Waals surface area (Å²) in [6, 6.07) is -0.127. The molecule has 11 heavy (non-hydrogen) atoms. The molecule has 3 heteroatoms. The zero-order chi connectivity index (χ0) is 7.68. The molecule has 2 N–H and O–H groups in total. The molecule has 3 nitrogen and oxygen atoms in total. The number of fused-ring (bicyclic) bond motifs is 1. The number of carbonyl (C=O) groups excluding carboxylic acids is 1. The number of carbonyl (C=O) groups is 1. The molecule has 0 aromatic carbocycles. The summed E-state index contributed by atoms with van der Waals surface area (Å²) >= 11 is 0. The summed E-state index contributed by atoms with van der Waals surface area (Å²) in [4.78, 5) is 11.2. The third-order valence-electron chi connectivity index (χ3n) is 1.96. The van der Waals surface area contributed by atoms with Gasteiger partial charge in [0.05, 0.1) is 0 Å². The first-order valence-electron chi connectivity index (χ1n) is 3.78. The fourth-order valence-electron chi connectivity index (χ4n) is 1.38. The fourth-order valence-corrected chi connectivity index (χ4v) is 1.38. The van der Waals surface area contributed by atoms with Gasteiger partial charge in [0.25, 0.3) is 0 Å². The quantitative estimate of drug-likeness (QED) is 0.507. The molecule has 2 rings (SSSR count). The van der Waals surface area contributed by atoms with Crippen molar-refractivity contribution in [3.8, 4) is 0 Å². The molecule has 2 aliphatic heterocycles. The Balaban J connectivity index is 2.27. The van der Waals surface area contributed by atoms with Gasteiger partial charge in [-0.05, 0) is 24.3 Å². The summed E-state index contributed by atoms with van der Waals surface area (Å²) in [6.07, 6.45) is 6.81. The van der Waals surface area contributed by atoms with E-state index in [1.807, 2.05) is 12.3 Å². The van der Waals surface area contributed by atoms with Crippen molar-refractivity contribution >= 4 is 5.91 Å². The molecule has 0 aromatic rings. The molecule has 1 atom stereocenters. The van der Waals surface area contributed by atoms with E-state index in [1.165, 1.54) is 0 Å². The normalized spacial score (nSPS) is 28.2. The molecule has 0 aliphatic carbocycles. The Morgan fingerprint density at radius 3 is 3.36 bits per heavy atom. The number of rotatable bonds is 0. The molecule has 58 valence electrons. The lowest BCUT2D eigenvalue weighted by Crippen LogP contribution is -2.39. The Morgan fingerprint density at radius 1 is 1.55 bits per heavy atom. The van der Waals surface area contributed by atoms with Crippen LogP contribution in [0.25, 0.3) is 0 Å². The largest absolute Gasteiger partial charge is 0.376 e. The Kier molecular flexibility index (Phi) is 1.42. The molecule has 0 saturated heterocycles. The molecule has 0 aromatic heterocycles. The maximum absolute atomic E-state index is 11.2. The second-order valence-corrected chi connectivity index (χ2v) is 2.72. The lowest BCUT2D eigenvalue weighted by atomic mass is 10.1. The number of hydrogen-bond acceptors (Lipinski definition) is 2. The van der Waals surface area contributed by atoms with Gasteiger partial charge < -0.3 is 10.6 Å². The van der Waals surface area contributed by atoms with E-state index >= 15 is 0 Å². The lowest BCUT2D eigenvalue weighted by molar-refractivity contribution is -0.121. The van der Waals surface area contributed by atoms with Crippen LogP contribution in [-0.2, 0) is 4.79 Å². The molecule has 0 fully saturated rings. The van der Waals surface area contributed by atoms with E-state index in [0.29, 0.717) is 0 Å². The van der Waals surface area contributed by atoms with Crippen LogP contribution in [0.3, 0.4) is 0 Å². The first-order valence-corrected chi connectivity index (χ1v) is 3.78. The summed E-state index contributed by atoms with van der Waals surface area (Å²) in [6.45, 7) is 0.758. The Bertz CT molecular complexity index is 242. The van der Waals surface area contributed by atoms with Crippen LogP contribution in [0, 0.1) is 0 Å². The van der Waals surface area contributed by atoms with Crippen LogP contribution >= 0.6 is 0 Å². The predicted octanol–water partition coefficient (Wildman–Crippen LogP) is -0.0818. The minimum absolute atomic E-state index is 0.0822. The van der Waals surface area contributed by atoms with E-state index in [9.17, 15) is 4.79 Å². The van der Waals surface area contributed by atoms with Crippen LogP contribution in [0.2, 0.25) is 0 Å². The maximum atomic E-state index is 11.2. The highest BCUT2D eigenvalue weighted by Gasteiger charge is 2.24. The summed E-state index contributed by atoms with van der Waals surface area (Å²) < 4.78 is 0. The van der Waals surface area contributed by atoms with Crippen molar-refractivity contribution in [1.29, 1.82) is 0 Å². The van der Waals surface area contributed by atoms with Crippen molar-refractivity contribution < 1.29 is 4.79 Å². The smallest absolute Gasteiger partial charge is 0.247 e. The topological polar surface area (TPSA) is 41.1 Å². The van der Waals surface area contributed by atoms with Gasteiger partial charge in [0, 0.05) is 6.54 Å². The van der Waals surface area contributed by atoms with Gasteiger partial charge in [0.1, 0.15) is 6.04 Å². The first kappa shape index (κ1) is 6.46. The van der Waals surface area contributed by atoms with E-state index in [0.717, 1.165) is 18.5 Å². The van der Waals surface area contributed by atoms with Crippen LogP contribution in [0.1, 0.15) is 6.42 Å². The van der Waals surface area contributed by atoms with E-state index in [2.05, 4.69) is 16.7 Å². The molecule has 0 radical (unpaired) electrons. The Morgan fingerprint density at radius 2 is 2.45 bits per heavy atom. The number of amides is 1. The van der Waals surface area contributed by atoms with Crippen molar-refractivity contribution in [3.63, 3.8) is 0 Å². The van der Waals surface area contributed by atoms with Gasteiger partial charge in [-0.15, -0.1) is 0 Å². The van der Waals surface area contributed by atoms with Gasteiger partial charge in [-0.25, -0.2) is 0 Å². The van der Waals surface area contributed by atoms with E-state index in [1.54, 1.807) is 0 Å². The average molecular weight is 150 g/mol. The number of hydrogen-bond donors (Lipinski definition) is 2. The zero-order valence-corrected chi connectivity index (χ0v) is 6.13. The monoisotopic (exact) mass is 150 g/mol. The average Bonchev–Trinajstić information content (AvgIpc) is 2.40. The van der Waals surface area contributed by atoms with Gasteiger partial charge in [-0.2, -0.15) is 0 Å². The molecular weight excluding hydrogens is 140 g/mol. The molecule has 0 bridgehead atoms. The maximum Gasteiger partial charge on any atom is 0.247 e. The third kappa shape index (κ3) is 1.02. The molecule has 2 heterocycles. The summed E-state index contributed by atoms with van der Waals surface area (Å²) in [7, 11) is 0. The third-order valence-corrected chi connectivity index (χ3v) is 1.96. The second kappa shape index (κ2) is 2.42. The minimum atomic E-state index is -0.127. The second-order valence-electron chi connectivity index (χ2n) is 2.72. The van der Waals surface area contributed by atoms with Crippen molar-refractivity contribution in [1.82, 2.24) is 10.6 Å². The van der Waals surface area contributed by atoms with Gasteiger partial charge in [0.15, 0.2) is 0 Å².